The van der Waals surface area contributed by atoms with Crippen LogP contribution in [0.5, 0.6) is 0 Å². The van der Waals surface area contributed by atoms with Crippen molar-refractivity contribution in [3.63, 3.8) is 0 Å². The number of rotatable bonds is 4. The van der Waals surface area contributed by atoms with E-state index in [-0.39, 0.29) is 5.91 Å². The largest absolute Gasteiger partial charge is 0.353 e. The van der Waals surface area contributed by atoms with Gasteiger partial charge < -0.3 is 11.1 Å². The molecule has 0 aliphatic heterocycles. The van der Waals surface area contributed by atoms with E-state index in [1.54, 1.807) is 0 Å². The van der Waals surface area contributed by atoms with Gasteiger partial charge in [-0.1, -0.05) is 13.8 Å². The van der Waals surface area contributed by atoms with Crippen LogP contribution in [-0.2, 0) is 4.79 Å². The maximum atomic E-state index is 12.0. The summed E-state index contributed by atoms with van der Waals surface area (Å²) in [4.78, 5) is 12.0. The highest BCUT2D eigenvalue weighted by atomic mass is 16.1. The number of carbonyl (C=O) groups excluding carboxylic acids is 1. The van der Waals surface area contributed by atoms with Crippen molar-refractivity contribution in [2.75, 3.05) is 0 Å². The van der Waals surface area contributed by atoms with E-state index in [1.165, 1.54) is 19.3 Å². The van der Waals surface area contributed by atoms with E-state index in [1.807, 2.05) is 0 Å². The van der Waals surface area contributed by atoms with Crippen LogP contribution in [0.4, 0.5) is 0 Å². The van der Waals surface area contributed by atoms with Crippen LogP contribution in [0.1, 0.15) is 71.6 Å². The monoisotopic (exact) mass is 266 g/mol. The molecule has 3 heteroatoms. The first-order valence-electron chi connectivity index (χ1n) is 7.99. The third-order valence-electron chi connectivity index (χ3n) is 5.00. The molecule has 110 valence electrons. The summed E-state index contributed by atoms with van der Waals surface area (Å²) in [6.07, 6.45) is 9.99. The minimum atomic E-state index is 0.262. The van der Waals surface area contributed by atoms with Crippen molar-refractivity contribution in [3.8, 4) is 0 Å². The molecule has 0 heterocycles. The summed E-state index contributed by atoms with van der Waals surface area (Å²) in [7, 11) is 0. The molecule has 3 N–H and O–H groups in total. The summed E-state index contributed by atoms with van der Waals surface area (Å²) in [5.74, 6) is 0.989. The molecule has 0 radical (unpaired) electrons. The van der Waals surface area contributed by atoms with Crippen molar-refractivity contribution >= 4 is 5.91 Å². The third kappa shape index (κ3) is 4.79. The van der Waals surface area contributed by atoms with E-state index in [0.29, 0.717) is 23.9 Å². The standard InChI is InChI=1S/C16H30N2O/c1-16(2)10-9-14(11-16)18-15(19)8-5-12-3-6-13(17)7-4-12/h12-14H,3-11,17H2,1-2H3,(H,18,19). The first kappa shape index (κ1) is 14.8. The van der Waals surface area contributed by atoms with Crippen LogP contribution < -0.4 is 11.1 Å². The van der Waals surface area contributed by atoms with Crippen LogP contribution in [0.15, 0.2) is 0 Å². The Morgan fingerprint density at radius 3 is 2.47 bits per heavy atom. The number of amides is 1. The molecular weight excluding hydrogens is 236 g/mol. The normalized spacial score (nSPS) is 34.2. The Labute approximate surface area is 117 Å². The first-order chi connectivity index (χ1) is 8.94. The Balaban J connectivity index is 1.62. The summed E-state index contributed by atoms with van der Waals surface area (Å²) in [5.41, 5.74) is 6.32. The molecule has 0 saturated heterocycles. The zero-order valence-corrected chi connectivity index (χ0v) is 12.6. The van der Waals surface area contributed by atoms with Crippen molar-refractivity contribution in [1.82, 2.24) is 5.32 Å². The first-order valence-corrected chi connectivity index (χ1v) is 7.99. The molecule has 1 amide bonds. The Kier molecular flexibility index (Phi) is 4.88. The minimum Gasteiger partial charge on any atom is -0.353 e. The Bertz CT molecular complexity index is 306. The lowest BCUT2D eigenvalue weighted by atomic mass is 9.84. The molecule has 0 aromatic heterocycles. The van der Waals surface area contributed by atoms with E-state index in [0.717, 1.165) is 38.0 Å². The highest BCUT2D eigenvalue weighted by molar-refractivity contribution is 5.76. The molecule has 1 atom stereocenters. The quantitative estimate of drug-likeness (QED) is 0.822. The van der Waals surface area contributed by atoms with Crippen LogP contribution in [0.3, 0.4) is 0 Å². The van der Waals surface area contributed by atoms with Gasteiger partial charge in [0.25, 0.3) is 0 Å². The van der Waals surface area contributed by atoms with Crippen molar-refractivity contribution in [1.29, 1.82) is 0 Å². The molecule has 1 unspecified atom stereocenters. The Morgan fingerprint density at radius 1 is 1.21 bits per heavy atom. The van der Waals surface area contributed by atoms with E-state index < -0.39 is 0 Å². The van der Waals surface area contributed by atoms with Crippen LogP contribution >= 0.6 is 0 Å². The SMILES string of the molecule is CC1(C)CCC(NC(=O)CCC2CCC(N)CC2)C1. The molecule has 2 rings (SSSR count). The fourth-order valence-corrected chi connectivity index (χ4v) is 3.67. The predicted octanol–water partition coefficient (Wildman–Crippen LogP) is 2.98. The van der Waals surface area contributed by atoms with Crippen molar-refractivity contribution < 1.29 is 4.79 Å². The van der Waals surface area contributed by atoms with Crippen LogP contribution in [0.2, 0.25) is 0 Å². The van der Waals surface area contributed by atoms with E-state index in [4.69, 9.17) is 5.73 Å². The van der Waals surface area contributed by atoms with Gasteiger partial charge in [-0.15, -0.1) is 0 Å². The van der Waals surface area contributed by atoms with Gasteiger partial charge in [0.05, 0.1) is 0 Å². The lowest BCUT2D eigenvalue weighted by molar-refractivity contribution is -0.122. The average Bonchev–Trinajstić information content (AvgIpc) is 2.68. The number of hydrogen-bond donors (Lipinski definition) is 2. The molecule has 2 fully saturated rings. The van der Waals surface area contributed by atoms with Gasteiger partial charge in [0, 0.05) is 18.5 Å². The van der Waals surface area contributed by atoms with Crippen molar-refractivity contribution in [3.05, 3.63) is 0 Å². The van der Waals surface area contributed by atoms with Gasteiger partial charge in [0.15, 0.2) is 0 Å². The highest BCUT2D eigenvalue weighted by Gasteiger charge is 2.31. The summed E-state index contributed by atoms with van der Waals surface area (Å²) >= 11 is 0. The zero-order valence-electron chi connectivity index (χ0n) is 12.6. The molecule has 2 aliphatic carbocycles. The maximum absolute atomic E-state index is 12.0. The van der Waals surface area contributed by atoms with Gasteiger partial charge in [-0.2, -0.15) is 0 Å². The molecule has 19 heavy (non-hydrogen) atoms. The molecule has 2 aliphatic rings. The van der Waals surface area contributed by atoms with E-state index in [2.05, 4.69) is 19.2 Å². The minimum absolute atomic E-state index is 0.262. The van der Waals surface area contributed by atoms with E-state index in [9.17, 15) is 4.79 Å². The maximum Gasteiger partial charge on any atom is 0.220 e. The third-order valence-corrected chi connectivity index (χ3v) is 5.00. The van der Waals surface area contributed by atoms with E-state index >= 15 is 0 Å². The second-order valence-electron chi connectivity index (χ2n) is 7.49. The zero-order chi connectivity index (χ0) is 13.9. The van der Waals surface area contributed by atoms with Gasteiger partial charge in [0.2, 0.25) is 5.91 Å². The van der Waals surface area contributed by atoms with Crippen molar-refractivity contribution in [2.24, 2.45) is 17.1 Å². The molecule has 0 aromatic carbocycles. The average molecular weight is 266 g/mol. The Hall–Kier alpha value is -0.570. The topological polar surface area (TPSA) is 55.1 Å². The fraction of sp³-hybridized carbons (Fsp3) is 0.938. The second kappa shape index (κ2) is 6.25. The smallest absolute Gasteiger partial charge is 0.220 e. The summed E-state index contributed by atoms with van der Waals surface area (Å²) < 4.78 is 0. The van der Waals surface area contributed by atoms with Gasteiger partial charge in [-0.05, 0) is 62.7 Å². The van der Waals surface area contributed by atoms with Gasteiger partial charge in [-0.3, -0.25) is 4.79 Å². The molecule has 0 bridgehead atoms. The number of hydrogen-bond acceptors (Lipinski definition) is 2. The number of nitrogens with two attached hydrogens (primary N) is 1. The fourth-order valence-electron chi connectivity index (χ4n) is 3.67. The molecule has 2 saturated carbocycles. The summed E-state index contributed by atoms with van der Waals surface area (Å²) in [6.45, 7) is 4.59. The summed E-state index contributed by atoms with van der Waals surface area (Å²) in [6, 6.07) is 0.827. The molecule has 0 spiro atoms. The summed E-state index contributed by atoms with van der Waals surface area (Å²) in [5, 5.41) is 3.22. The second-order valence-corrected chi connectivity index (χ2v) is 7.49. The van der Waals surface area contributed by atoms with Crippen molar-refractivity contribution in [2.45, 2.75) is 83.7 Å². The predicted molar refractivity (Wildman–Crippen MR) is 78.7 cm³/mol. The van der Waals surface area contributed by atoms with Crippen LogP contribution in [0, 0.1) is 11.3 Å². The molecular formula is C16H30N2O. The highest BCUT2D eigenvalue weighted by Crippen LogP contribution is 2.37. The van der Waals surface area contributed by atoms with Gasteiger partial charge in [-0.25, -0.2) is 0 Å². The molecule has 0 aromatic rings. The van der Waals surface area contributed by atoms with Gasteiger partial charge in [0.1, 0.15) is 0 Å². The lowest BCUT2D eigenvalue weighted by Gasteiger charge is -2.26. The van der Waals surface area contributed by atoms with Gasteiger partial charge >= 0.3 is 0 Å². The number of nitrogens with one attached hydrogen (secondary N) is 1. The van der Waals surface area contributed by atoms with Crippen LogP contribution in [-0.4, -0.2) is 18.0 Å². The van der Waals surface area contributed by atoms with Crippen LogP contribution in [0.25, 0.3) is 0 Å². The molecule has 3 nitrogen and oxygen atoms in total. The number of carbonyl (C=O) groups is 1. The Morgan fingerprint density at radius 2 is 1.89 bits per heavy atom. The lowest BCUT2D eigenvalue weighted by Crippen LogP contribution is -2.34.